The molecule has 2 saturated heterocycles. The molecule has 3 heterocycles. The highest BCUT2D eigenvalue weighted by Crippen LogP contribution is 2.18. The van der Waals surface area contributed by atoms with Gasteiger partial charge in [-0.2, -0.15) is 0 Å². The number of aliphatic hydroxyl groups excluding tert-OH is 1. The van der Waals surface area contributed by atoms with Gasteiger partial charge in [0.25, 0.3) is 0 Å². The molecular weight excluding hydrogens is 294 g/mol. The first-order valence-electron chi connectivity index (χ1n) is 8.44. The Morgan fingerprint density at radius 3 is 2.65 bits per heavy atom. The van der Waals surface area contributed by atoms with Crippen LogP contribution in [0.3, 0.4) is 0 Å². The van der Waals surface area contributed by atoms with Crippen LogP contribution in [0.5, 0.6) is 0 Å². The summed E-state index contributed by atoms with van der Waals surface area (Å²) >= 11 is 0. The van der Waals surface area contributed by atoms with E-state index in [4.69, 9.17) is 0 Å². The van der Waals surface area contributed by atoms with Crippen LogP contribution in [-0.2, 0) is 0 Å². The van der Waals surface area contributed by atoms with Gasteiger partial charge in [-0.1, -0.05) is 0 Å². The number of aromatic nitrogens is 2. The molecule has 7 nitrogen and oxygen atoms in total. The van der Waals surface area contributed by atoms with Crippen molar-refractivity contribution >= 4 is 12.0 Å². The maximum Gasteiger partial charge on any atom is 0.317 e. The molecule has 1 unspecified atom stereocenters. The molecule has 2 aliphatic rings. The van der Waals surface area contributed by atoms with Crippen molar-refractivity contribution in [3.63, 3.8) is 0 Å². The summed E-state index contributed by atoms with van der Waals surface area (Å²) in [5.74, 6) is 1.08. The van der Waals surface area contributed by atoms with Crippen molar-refractivity contribution in [2.75, 3.05) is 37.7 Å². The van der Waals surface area contributed by atoms with Gasteiger partial charge in [0.15, 0.2) is 0 Å². The predicted molar refractivity (Wildman–Crippen MR) is 87.2 cm³/mol. The molecule has 126 valence electrons. The second-order valence-electron chi connectivity index (χ2n) is 6.40. The first-order valence-corrected chi connectivity index (χ1v) is 8.44. The van der Waals surface area contributed by atoms with Crippen LogP contribution in [0.15, 0.2) is 18.5 Å². The van der Waals surface area contributed by atoms with Gasteiger partial charge >= 0.3 is 6.03 Å². The lowest BCUT2D eigenvalue weighted by molar-refractivity contribution is 0.135. The van der Waals surface area contributed by atoms with Crippen LogP contribution < -0.4 is 10.2 Å². The molecule has 2 fully saturated rings. The van der Waals surface area contributed by atoms with Gasteiger partial charge in [0.1, 0.15) is 0 Å². The number of carbonyl (C=O) groups is 1. The Balaban J connectivity index is 1.51. The number of hydrogen-bond donors (Lipinski definition) is 2. The molecule has 2 N–H and O–H groups in total. The molecule has 1 aromatic rings. The highest BCUT2D eigenvalue weighted by atomic mass is 16.3. The minimum atomic E-state index is 0.0159. The molecule has 23 heavy (non-hydrogen) atoms. The molecule has 0 aliphatic carbocycles. The van der Waals surface area contributed by atoms with Crippen LogP contribution in [-0.4, -0.2) is 64.8 Å². The Bertz CT molecular complexity index is 504. The molecule has 0 saturated carbocycles. The number of aliphatic hydroxyl groups is 1. The second-order valence-corrected chi connectivity index (χ2v) is 6.40. The van der Waals surface area contributed by atoms with Gasteiger partial charge in [0.2, 0.25) is 5.95 Å². The van der Waals surface area contributed by atoms with Gasteiger partial charge in [-0.05, 0) is 37.7 Å². The van der Waals surface area contributed by atoms with E-state index in [1.807, 2.05) is 11.0 Å². The Hall–Kier alpha value is -1.89. The average molecular weight is 319 g/mol. The number of rotatable bonds is 3. The van der Waals surface area contributed by atoms with Gasteiger partial charge in [-0.25, -0.2) is 14.8 Å². The molecule has 0 radical (unpaired) electrons. The lowest BCUT2D eigenvalue weighted by Gasteiger charge is -2.36. The van der Waals surface area contributed by atoms with Gasteiger partial charge < -0.3 is 20.2 Å². The number of carbonyl (C=O) groups excluding carboxylic acids is 1. The summed E-state index contributed by atoms with van der Waals surface area (Å²) in [6.45, 7) is 3.37. The maximum atomic E-state index is 12.4. The fourth-order valence-electron chi connectivity index (χ4n) is 3.32. The van der Waals surface area contributed by atoms with Gasteiger partial charge in [0.05, 0.1) is 0 Å². The summed E-state index contributed by atoms with van der Waals surface area (Å²) in [7, 11) is 0. The van der Waals surface area contributed by atoms with Crippen molar-refractivity contribution in [1.29, 1.82) is 0 Å². The van der Waals surface area contributed by atoms with Crippen LogP contribution in [0.1, 0.15) is 25.7 Å². The lowest BCUT2D eigenvalue weighted by atomic mass is 9.98. The molecule has 3 rings (SSSR count). The van der Waals surface area contributed by atoms with Gasteiger partial charge in [-0.3, -0.25) is 0 Å². The van der Waals surface area contributed by atoms with Crippen LogP contribution in [0.2, 0.25) is 0 Å². The number of urea groups is 1. The summed E-state index contributed by atoms with van der Waals surface area (Å²) in [5, 5.41) is 12.3. The van der Waals surface area contributed by atoms with E-state index in [2.05, 4.69) is 20.2 Å². The monoisotopic (exact) mass is 319 g/mol. The highest BCUT2D eigenvalue weighted by Gasteiger charge is 2.27. The largest absolute Gasteiger partial charge is 0.396 e. The van der Waals surface area contributed by atoms with E-state index < -0.39 is 0 Å². The smallest absolute Gasteiger partial charge is 0.317 e. The molecule has 1 aromatic heterocycles. The lowest BCUT2D eigenvalue weighted by Crippen LogP contribution is -2.53. The zero-order valence-electron chi connectivity index (χ0n) is 13.4. The van der Waals surface area contributed by atoms with Crippen molar-refractivity contribution in [3.05, 3.63) is 18.5 Å². The topological polar surface area (TPSA) is 81.6 Å². The number of anilines is 1. The van der Waals surface area contributed by atoms with Crippen molar-refractivity contribution < 1.29 is 9.90 Å². The molecule has 0 aromatic carbocycles. The normalized spacial score (nSPS) is 22.9. The third kappa shape index (κ3) is 4.10. The predicted octanol–water partition coefficient (Wildman–Crippen LogP) is 0.859. The van der Waals surface area contributed by atoms with E-state index in [9.17, 15) is 9.90 Å². The van der Waals surface area contributed by atoms with E-state index in [0.29, 0.717) is 5.92 Å². The summed E-state index contributed by atoms with van der Waals surface area (Å²) in [6, 6.07) is 1.96. The van der Waals surface area contributed by atoms with E-state index >= 15 is 0 Å². The van der Waals surface area contributed by atoms with E-state index in [1.54, 1.807) is 12.4 Å². The fourth-order valence-corrected chi connectivity index (χ4v) is 3.32. The molecule has 1 atom stereocenters. The Kier molecular flexibility index (Phi) is 5.27. The quantitative estimate of drug-likeness (QED) is 0.863. The number of piperidine rings is 2. The summed E-state index contributed by atoms with van der Waals surface area (Å²) < 4.78 is 0. The van der Waals surface area contributed by atoms with Crippen molar-refractivity contribution in [2.24, 2.45) is 5.92 Å². The standard InChI is InChI=1S/C16H25N5O2/c22-12-13-4-9-20(10-5-13)16(23)19-14-3-1-8-21(11-14)15-17-6-2-7-18-15/h2,6-7,13-14,22H,1,3-5,8-12H2,(H,19,23). The third-order valence-electron chi connectivity index (χ3n) is 4.74. The van der Waals surface area contributed by atoms with E-state index in [-0.39, 0.29) is 18.7 Å². The molecular formula is C16H25N5O2. The first-order chi connectivity index (χ1) is 11.3. The van der Waals surface area contributed by atoms with Gasteiger partial charge in [0, 0.05) is 51.2 Å². The molecule has 7 heteroatoms. The Labute approximate surface area is 136 Å². The number of amides is 2. The average Bonchev–Trinajstić information content (AvgIpc) is 2.63. The summed E-state index contributed by atoms with van der Waals surface area (Å²) in [5.41, 5.74) is 0. The molecule has 2 aliphatic heterocycles. The number of nitrogens with zero attached hydrogens (tertiary/aromatic N) is 4. The Morgan fingerprint density at radius 2 is 1.96 bits per heavy atom. The first kappa shape index (κ1) is 16.0. The summed E-state index contributed by atoms with van der Waals surface area (Å²) in [4.78, 5) is 25.0. The number of hydrogen-bond acceptors (Lipinski definition) is 5. The minimum absolute atomic E-state index is 0.0159. The van der Waals surface area contributed by atoms with Crippen molar-refractivity contribution in [3.8, 4) is 0 Å². The van der Waals surface area contributed by atoms with Crippen LogP contribution >= 0.6 is 0 Å². The zero-order chi connectivity index (χ0) is 16.1. The number of nitrogens with one attached hydrogen (secondary N) is 1. The SMILES string of the molecule is O=C(NC1CCCN(c2ncccn2)C1)N1CCC(CO)CC1. The molecule has 2 amide bonds. The van der Waals surface area contributed by atoms with E-state index in [1.165, 1.54) is 0 Å². The molecule has 0 spiro atoms. The third-order valence-corrected chi connectivity index (χ3v) is 4.74. The maximum absolute atomic E-state index is 12.4. The zero-order valence-corrected chi connectivity index (χ0v) is 13.4. The van der Waals surface area contributed by atoms with Gasteiger partial charge in [-0.15, -0.1) is 0 Å². The van der Waals surface area contributed by atoms with Crippen LogP contribution in [0, 0.1) is 5.92 Å². The molecule has 0 bridgehead atoms. The minimum Gasteiger partial charge on any atom is -0.396 e. The van der Waals surface area contributed by atoms with E-state index in [0.717, 1.165) is 57.8 Å². The van der Waals surface area contributed by atoms with Crippen molar-refractivity contribution in [1.82, 2.24) is 20.2 Å². The van der Waals surface area contributed by atoms with Crippen LogP contribution in [0.4, 0.5) is 10.7 Å². The van der Waals surface area contributed by atoms with Crippen LogP contribution in [0.25, 0.3) is 0 Å². The summed E-state index contributed by atoms with van der Waals surface area (Å²) in [6.07, 6.45) is 7.28. The Morgan fingerprint density at radius 1 is 1.22 bits per heavy atom. The highest BCUT2D eigenvalue weighted by molar-refractivity contribution is 5.74. The second kappa shape index (κ2) is 7.59. The number of likely N-dealkylation sites (tertiary alicyclic amines) is 1. The van der Waals surface area contributed by atoms with Crippen molar-refractivity contribution in [2.45, 2.75) is 31.7 Å². The fraction of sp³-hybridized carbons (Fsp3) is 0.688.